The van der Waals surface area contributed by atoms with E-state index in [1.807, 2.05) is 24.5 Å². The van der Waals surface area contributed by atoms with E-state index in [1.165, 1.54) is 16.5 Å². The Morgan fingerprint density at radius 2 is 1.62 bits per heavy atom. The molecule has 21 heavy (non-hydrogen) atoms. The summed E-state index contributed by atoms with van der Waals surface area (Å²) in [5.74, 6) is 1.12. The minimum atomic E-state index is 1.12. The van der Waals surface area contributed by atoms with Gasteiger partial charge in [0.15, 0.2) is 0 Å². The molecule has 0 unspecified atom stereocenters. The number of aromatic amines is 1. The molecule has 0 aliphatic heterocycles. The van der Waals surface area contributed by atoms with Crippen LogP contribution in [0, 0.1) is 6.92 Å². The van der Waals surface area contributed by atoms with Crippen LogP contribution in [-0.4, -0.2) is 9.55 Å². The van der Waals surface area contributed by atoms with E-state index in [2.05, 4.69) is 69.8 Å². The zero-order chi connectivity index (χ0) is 14.2. The van der Waals surface area contributed by atoms with Crippen molar-refractivity contribution in [3.05, 3.63) is 78.9 Å². The Balaban J connectivity index is 1.80. The lowest BCUT2D eigenvalue weighted by atomic mass is 10.2. The third-order valence-corrected chi connectivity index (χ3v) is 3.91. The van der Waals surface area contributed by atoms with E-state index in [1.54, 1.807) is 0 Å². The van der Waals surface area contributed by atoms with Crippen LogP contribution in [0.1, 0.15) is 5.56 Å². The fourth-order valence-corrected chi connectivity index (χ4v) is 2.77. The molecule has 0 radical (unpaired) electrons. The molecule has 3 heteroatoms. The van der Waals surface area contributed by atoms with Crippen molar-refractivity contribution in [2.24, 2.45) is 0 Å². The second-order valence-corrected chi connectivity index (χ2v) is 5.20. The number of nitrogens with one attached hydrogen (secondary N) is 1. The van der Waals surface area contributed by atoms with Gasteiger partial charge in [0.1, 0.15) is 5.52 Å². The highest BCUT2D eigenvalue weighted by Gasteiger charge is 2.15. The molecule has 1 aromatic carbocycles. The first-order valence-corrected chi connectivity index (χ1v) is 7.05. The van der Waals surface area contributed by atoms with Crippen LogP contribution in [0.25, 0.3) is 22.4 Å². The van der Waals surface area contributed by atoms with Gasteiger partial charge in [-0.2, -0.15) is 0 Å². The van der Waals surface area contributed by atoms with Crippen LogP contribution in [0.5, 0.6) is 0 Å². The van der Waals surface area contributed by atoms with Gasteiger partial charge in [-0.25, -0.2) is 9.55 Å². The zero-order valence-electron chi connectivity index (χ0n) is 11.8. The van der Waals surface area contributed by atoms with E-state index in [-0.39, 0.29) is 0 Å². The number of benzene rings is 1. The summed E-state index contributed by atoms with van der Waals surface area (Å²) in [7, 11) is 0. The molecule has 102 valence electrons. The van der Waals surface area contributed by atoms with Gasteiger partial charge in [-0.3, -0.25) is 0 Å². The molecule has 0 atom stereocenters. The average Bonchev–Trinajstić information content (AvgIpc) is 3.17. The molecular formula is C18H16N3+. The van der Waals surface area contributed by atoms with Gasteiger partial charge >= 0.3 is 0 Å². The summed E-state index contributed by atoms with van der Waals surface area (Å²) in [6, 6.07) is 16.7. The maximum Gasteiger partial charge on any atom is 0.287 e. The van der Waals surface area contributed by atoms with E-state index in [4.69, 9.17) is 0 Å². The van der Waals surface area contributed by atoms with Crippen LogP contribution in [-0.2, 0) is 0 Å². The second-order valence-electron chi connectivity index (χ2n) is 5.20. The van der Waals surface area contributed by atoms with Crippen molar-refractivity contribution in [1.82, 2.24) is 9.55 Å². The molecule has 4 rings (SSSR count). The largest absolute Gasteiger partial charge is 0.324 e. The van der Waals surface area contributed by atoms with Gasteiger partial charge in [-0.1, -0.05) is 18.2 Å². The fourth-order valence-electron chi connectivity index (χ4n) is 2.77. The summed E-state index contributed by atoms with van der Waals surface area (Å²) in [6.45, 7) is 2.15. The maximum atomic E-state index is 3.49. The number of hydrogen-bond donors (Lipinski definition) is 1. The van der Waals surface area contributed by atoms with E-state index in [9.17, 15) is 0 Å². The smallest absolute Gasteiger partial charge is 0.287 e. The van der Waals surface area contributed by atoms with Crippen molar-refractivity contribution in [3.63, 3.8) is 0 Å². The Labute approximate surface area is 123 Å². The van der Waals surface area contributed by atoms with Crippen LogP contribution in [0.15, 0.2) is 73.3 Å². The van der Waals surface area contributed by atoms with Crippen LogP contribution in [0.4, 0.5) is 0 Å². The van der Waals surface area contributed by atoms with Crippen LogP contribution in [0.2, 0.25) is 0 Å². The van der Waals surface area contributed by atoms with Gasteiger partial charge in [0, 0.05) is 29.9 Å². The average molecular weight is 274 g/mol. The van der Waals surface area contributed by atoms with Crippen LogP contribution >= 0.6 is 0 Å². The molecule has 0 fully saturated rings. The Hall–Kier alpha value is -2.81. The lowest BCUT2D eigenvalue weighted by molar-refractivity contribution is -0.599. The molecule has 0 saturated carbocycles. The van der Waals surface area contributed by atoms with Crippen molar-refractivity contribution < 1.29 is 4.57 Å². The fraction of sp³-hybridized carbons (Fsp3) is 0.0556. The molecule has 0 aliphatic carbocycles. The normalized spacial score (nSPS) is 11.1. The van der Waals surface area contributed by atoms with Crippen molar-refractivity contribution >= 4 is 10.9 Å². The van der Waals surface area contributed by atoms with E-state index in [0.29, 0.717) is 0 Å². The number of nitrogens with zero attached hydrogens (tertiary/aromatic N) is 2. The third-order valence-electron chi connectivity index (χ3n) is 3.91. The van der Waals surface area contributed by atoms with Crippen molar-refractivity contribution in [1.29, 1.82) is 0 Å². The molecule has 3 heterocycles. The topological polar surface area (TPSA) is 24.6 Å². The second kappa shape index (κ2) is 4.63. The summed E-state index contributed by atoms with van der Waals surface area (Å²) >= 11 is 0. The van der Waals surface area contributed by atoms with E-state index < -0.39 is 0 Å². The standard InChI is InChI=1S/C18H16N3/c1-14-16-6-2-3-7-17(16)19-18(14)21-12-8-15(9-13-21)20-10-4-5-11-20/h2-13,19H,1H3/q+1. The molecule has 4 aromatic rings. The van der Waals surface area contributed by atoms with E-state index in [0.717, 1.165) is 11.5 Å². The number of para-hydroxylation sites is 1. The lowest BCUT2D eigenvalue weighted by Crippen LogP contribution is -2.30. The van der Waals surface area contributed by atoms with Gasteiger partial charge in [-0.15, -0.1) is 0 Å². The van der Waals surface area contributed by atoms with Gasteiger partial charge < -0.3 is 4.57 Å². The lowest BCUT2D eigenvalue weighted by Gasteiger charge is -2.03. The van der Waals surface area contributed by atoms with Gasteiger partial charge in [0.25, 0.3) is 5.82 Å². The highest BCUT2D eigenvalue weighted by Crippen LogP contribution is 2.21. The summed E-state index contributed by atoms with van der Waals surface area (Å²) < 4.78 is 4.23. The molecule has 0 spiro atoms. The van der Waals surface area contributed by atoms with Crippen molar-refractivity contribution in [2.75, 3.05) is 0 Å². The molecule has 0 amide bonds. The Morgan fingerprint density at radius 1 is 0.905 bits per heavy atom. The summed E-state index contributed by atoms with van der Waals surface area (Å²) in [5.41, 5.74) is 3.60. The molecule has 0 aliphatic rings. The predicted octanol–water partition coefficient (Wildman–Crippen LogP) is 3.54. The van der Waals surface area contributed by atoms with E-state index >= 15 is 0 Å². The first-order valence-electron chi connectivity index (χ1n) is 7.05. The van der Waals surface area contributed by atoms with Gasteiger partial charge in [-0.05, 0) is 25.1 Å². The Bertz CT molecular complexity index is 884. The molecule has 3 aromatic heterocycles. The number of hydrogen-bond acceptors (Lipinski definition) is 0. The third kappa shape index (κ3) is 1.94. The minimum Gasteiger partial charge on any atom is -0.324 e. The summed E-state index contributed by atoms with van der Waals surface area (Å²) in [6.07, 6.45) is 8.28. The van der Waals surface area contributed by atoms with Gasteiger partial charge in [0.05, 0.1) is 23.6 Å². The molecule has 1 N–H and O–H groups in total. The minimum absolute atomic E-state index is 1.12. The zero-order valence-corrected chi connectivity index (χ0v) is 11.8. The molecular weight excluding hydrogens is 258 g/mol. The number of fused-ring (bicyclic) bond motifs is 1. The van der Waals surface area contributed by atoms with Crippen LogP contribution in [0.3, 0.4) is 0 Å². The highest BCUT2D eigenvalue weighted by atomic mass is 15.1. The quantitative estimate of drug-likeness (QED) is 0.541. The van der Waals surface area contributed by atoms with Gasteiger partial charge in [0.2, 0.25) is 0 Å². The first kappa shape index (κ1) is 12.0. The predicted molar refractivity (Wildman–Crippen MR) is 83.9 cm³/mol. The summed E-state index contributed by atoms with van der Waals surface area (Å²) in [4.78, 5) is 3.49. The SMILES string of the molecule is Cc1c(-[n+]2ccc(-n3cccc3)cc2)[nH]c2ccccc12. The van der Waals surface area contributed by atoms with Crippen molar-refractivity contribution in [2.45, 2.75) is 6.92 Å². The molecule has 0 bridgehead atoms. The monoisotopic (exact) mass is 274 g/mol. The maximum absolute atomic E-state index is 3.49. The van der Waals surface area contributed by atoms with Crippen LogP contribution < -0.4 is 4.57 Å². The first-order chi connectivity index (χ1) is 10.3. The Morgan fingerprint density at radius 3 is 2.33 bits per heavy atom. The number of aromatic nitrogens is 3. The number of aryl methyl sites for hydroxylation is 1. The number of rotatable bonds is 2. The number of pyridine rings is 1. The van der Waals surface area contributed by atoms with Crippen molar-refractivity contribution in [3.8, 4) is 11.5 Å². The Kier molecular flexibility index (Phi) is 2.64. The highest BCUT2D eigenvalue weighted by molar-refractivity contribution is 5.85. The number of H-pyrrole nitrogens is 1. The summed E-state index contributed by atoms with van der Waals surface area (Å²) in [5, 5.41) is 1.27. The molecule has 3 nitrogen and oxygen atoms in total. The molecule has 0 saturated heterocycles.